The Kier molecular flexibility index (Phi) is 7.63. The van der Waals surface area contributed by atoms with Crippen LogP contribution in [0.25, 0.3) is 0 Å². The van der Waals surface area contributed by atoms with Crippen LogP contribution in [0.3, 0.4) is 0 Å². The zero-order chi connectivity index (χ0) is 19.3. The number of aliphatic hydroxyl groups is 3. The number of benzene rings is 1. The SMILES string of the molecule is CC(=O)N[C@@H]1[C@@H](OCCOc2ccc(Cl)cc2C)O[C@@H](CO)[C@@H](O)[C@H]1O. The molecule has 1 amide bonds. The molecule has 26 heavy (non-hydrogen) atoms. The zero-order valence-corrected chi connectivity index (χ0v) is 15.3. The number of hydrogen-bond donors (Lipinski definition) is 4. The summed E-state index contributed by atoms with van der Waals surface area (Å²) >= 11 is 5.89. The van der Waals surface area contributed by atoms with E-state index in [0.29, 0.717) is 10.8 Å². The highest BCUT2D eigenvalue weighted by Gasteiger charge is 2.45. The number of carbonyl (C=O) groups is 1. The summed E-state index contributed by atoms with van der Waals surface area (Å²) in [5.41, 5.74) is 0.876. The van der Waals surface area contributed by atoms with Crippen LogP contribution in [0.1, 0.15) is 12.5 Å². The van der Waals surface area contributed by atoms with Crippen LogP contribution < -0.4 is 10.1 Å². The first kappa shape index (κ1) is 20.9. The molecule has 2 rings (SSSR count). The van der Waals surface area contributed by atoms with Crippen LogP contribution in [-0.2, 0) is 14.3 Å². The minimum atomic E-state index is -1.34. The summed E-state index contributed by atoms with van der Waals surface area (Å²) in [4.78, 5) is 11.3. The second kappa shape index (κ2) is 9.50. The molecule has 146 valence electrons. The lowest BCUT2D eigenvalue weighted by Gasteiger charge is -2.42. The maximum Gasteiger partial charge on any atom is 0.217 e. The van der Waals surface area contributed by atoms with Gasteiger partial charge in [-0.2, -0.15) is 0 Å². The van der Waals surface area contributed by atoms with E-state index in [9.17, 15) is 20.1 Å². The van der Waals surface area contributed by atoms with Gasteiger partial charge >= 0.3 is 0 Å². The van der Waals surface area contributed by atoms with Crippen LogP contribution in [0.2, 0.25) is 5.02 Å². The third-order valence-electron chi connectivity index (χ3n) is 4.01. The van der Waals surface area contributed by atoms with Crippen LogP contribution >= 0.6 is 11.6 Å². The molecular formula is C17H24ClNO7. The van der Waals surface area contributed by atoms with Crippen molar-refractivity contribution in [3.8, 4) is 5.75 Å². The molecule has 1 fully saturated rings. The summed E-state index contributed by atoms with van der Waals surface area (Å²) in [6.45, 7) is 2.94. The smallest absolute Gasteiger partial charge is 0.217 e. The molecule has 8 nitrogen and oxygen atoms in total. The largest absolute Gasteiger partial charge is 0.491 e. The molecule has 0 bridgehead atoms. The molecule has 1 heterocycles. The quantitative estimate of drug-likeness (QED) is 0.484. The molecule has 1 saturated heterocycles. The van der Waals surface area contributed by atoms with Crippen LogP contribution in [0, 0.1) is 6.92 Å². The summed E-state index contributed by atoms with van der Waals surface area (Å²) in [5.74, 6) is 0.249. The Morgan fingerprint density at radius 3 is 2.65 bits per heavy atom. The van der Waals surface area contributed by atoms with E-state index in [-0.39, 0.29) is 13.2 Å². The Hall–Kier alpha value is -1.42. The van der Waals surface area contributed by atoms with Crippen molar-refractivity contribution in [3.63, 3.8) is 0 Å². The highest BCUT2D eigenvalue weighted by molar-refractivity contribution is 6.30. The molecular weight excluding hydrogens is 366 g/mol. The van der Waals surface area contributed by atoms with Crippen LogP contribution in [0.4, 0.5) is 0 Å². The van der Waals surface area contributed by atoms with Gasteiger partial charge in [-0.3, -0.25) is 4.79 Å². The molecule has 1 aliphatic rings. The normalized spacial score (nSPS) is 28.6. The van der Waals surface area contributed by atoms with Gasteiger partial charge < -0.3 is 34.8 Å². The summed E-state index contributed by atoms with van der Waals surface area (Å²) < 4.78 is 16.6. The Balaban J connectivity index is 1.92. The molecule has 0 aliphatic carbocycles. The average Bonchev–Trinajstić information content (AvgIpc) is 2.58. The number of carbonyl (C=O) groups excluding carboxylic acids is 1. The lowest BCUT2D eigenvalue weighted by molar-refractivity contribution is -0.271. The number of nitrogens with one attached hydrogen (secondary N) is 1. The third kappa shape index (κ3) is 5.29. The van der Waals surface area contributed by atoms with Crippen molar-refractivity contribution >= 4 is 17.5 Å². The monoisotopic (exact) mass is 389 g/mol. The minimum absolute atomic E-state index is 0.101. The van der Waals surface area contributed by atoms with E-state index in [1.807, 2.05) is 6.92 Å². The molecule has 0 aromatic heterocycles. The van der Waals surface area contributed by atoms with E-state index in [1.54, 1.807) is 18.2 Å². The fourth-order valence-corrected chi connectivity index (χ4v) is 2.93. The fraction of sp³-hybridized carbons (Fsp3) is 0.588. The van der Waals surface area contributed by atoms with E-state index >= 15 is 0 Å². The predicted molar refractivity (Wildman–Crippen MR) is 93.0 cm³/mol. The Morgan fingerprint density at radius 1 is 1.31 bits per heavy atom. The number of halogens is 1. The van der Waals surface area contributed by atoms with E-state index in [4.69, 9.17) is 25.8 Å². The van der Waals surface area contributed by atoms with Gasteiger partial charge in [0.2, 0.25) is 5.91 Å². The zero-order valence-electron chi connectivity index (χ0n) is 14.6. The van der Waals surface area contributed by atoms with E-state index < -0.39 is 43.2 Å². The number of amides is 1. The van der Waals surface area contributed by atoms with E-state index in [0.717, 1.165) is 5.56 Å². The molecule has 0 unspecified atom stereocenters. The van der Waals surface area contributed by atoms with Gasteiger partial charge in [0, 0.05) is 11.9 Å². The Bertz CT molecular complexity index is 615. The summed E-state index contributed by atoms with van der Waals surface area (Å²) in [6.07, 6.45) is -4.73. The van der Waals surface area contributed by atoms with Crippen molar-refractivity contribution in [2.24, 2.45) is 0 Å². The van der Waals surface area contributed by atoms with Gasteiger partial charge in [0.1, 0.15) is 36.7 Å². The van der Waals surface area contributed by atoms with Crippen molar-refractivity contribution < 1.29 is 34.3 Å². The highest BCUT2D eigenvalue weighted by Crippen LogP contribution is 2.23. The number of aryl methyl sites for hydroxylation is 1. The number of ether oxygens (including phenoxy) is 3. The van der Waals surface area contributed by atoms with Crippen LogP contribution in [0.15, 0.2) is 18.2 Å². The second-order valence-electron chi connectivity index (χ2n) is 6.06. The highest BCUT2D eigenvalue weighted by atomic mass is 35.5. The van der Waals surface area contributed by atoms with Gasteiger partial charge in [-0.05, 0) is 30.7 Å². The maximum absolute atomic E-state index is 11.3. The van der Waals surface area contributed by atoms with E-state index in [2.05, 4.69) is 5.32 Å². The molecule has 0 spiro atoms. The van der Waals surface area contributed by atoms with Crippen LogP contribution in [-0.4, -0.2) is 71.7 Å². The summed E-state index contributed by atoms with van der Waals surface area (Å²) in [5, 5.41) is 32.5. The van der Waals surface area contributed by atoms with Gasteiger partial charge in [0.25, 0.3) is 0 Å². The van der Waals surface area contributed by atoms with Gasteiger partial charge in [0.15, 0.2) is 6.29 Å². The van der Waals surface area contributed by atoms with Crippen molar-refractivity contribution in [1.29, 1.82) is 0 Å². The molecule has 0 radical (unpaired) electrons. The minimum Gasteiger partial charge on any atom is -0.491 e. The number of rotatable bonds is 7. The summed E-state index contributed by atoms with van der Waals surface area (Å²) in [7, 11) is 0. The van der Waals surface area contributed by atoms with Crippen molar-refractivity contribution in [1.82, 2.24) is 5.32 Å². The first-order valence-electron chi connectivity index (χ1n) is 8.23. The van der Waals surface area contributed by atoms with Crippen molar-refractivity contribution in [2.75, 3.05) is 19.8 Å². The number of hydrogen-bond acceptors (Lipinski definition) is 7. The Labute approximate surface area is 156 Å². The molecule has 1 aliphatic heterocycles. The van der Waals surface area contributed by atoms with Gasteiger partial charge in [-0.1, -0.05) is 11.6 Å². The molecule has 1 aromatic rings. The fourth-order valence-electron chi connectivity index (χ4n) is 2.70. The van der Waals surface area contributed by atoms with Crippen molar-refractivity contribution in [2.45, 2.75) is 44.5 Å². The molecule has 4 N–H and O–H groups in total. The topological polar surface area (TPSA) is 117 Å². The average molecular weight is 390 g/mol. The van der Waals surface area contributed by atoms with Gasteiger partial charge in [-0.15, -0.1) is 0 Å². The first-order chi connectivity index (χ1) is 12.3. The van der Waals surface area contributed by atoms with Crippen molar-refractivity contribution in [3.05, 3.63) is 28.8 Å². The number of aliphatic hydroxyl groups excluding tert-OH is 3. The summed E-state index contributed by atoms with van der Waals surface area (Å²) in [6, 6.07) is 4.27. The molecule has 1 aromatic carbocycles. The second-order valence-corrected chi connectivity index (χ2v) is 6.50. The maximum atomic E-state index is 11.3. The standard InChI is InChI=1S/C17H24ClNO7/c1-9-7-11(18)3-4-12(9)24-5-6-25-17-14(19-10(2)21)16(23)15(22)13(8-20)26-17/h3-4,7,13-17,20,22-23H,5-6,8H2,1-2H3,(H,19,21)/t13-,14-,15+,16-,17-/m0/s1. The van der Waals surface area contributed by atoms with E-state index in [1.165, 1.54) is 6.92 Å². The Morgan fingerprint density at radius 2 is 2.04 bits per heavy atom. The van der Waals surface area contributed by atoms with Crippen LogP contribution in [0.5, 0.6) is 5.75 Å². The molecule has 9 heteroatoms. The first-order valence-corrected chi connectivity index (χ1v) is 8.61. The van der Waals surface area contributed by atoms with Gasteiger partial charge in [-0.25, -0.2) is 0 Å². The lowest BCUT2D eigenvalue weighted by Crippen LogP contribution is -2.64. The molecule has 0 saturated carbocycles. The predicted octanol–water partition coefficient (Wildman–Crippen LogP) is -0.0125. The third-order valence-corrected chi connectivity index (χ3v) is 4.25. The molecule has 5 atom stereocenters. The lowest BCUT2D eigenvalue weighted by atomic mass is 9.97. The van der Waals surface area contributed by atoms with Gasteiger partial charge in [0.05, 0.1) is 13.2 Å².